The van der Waals surface area contributed by atoms with Crippen molar-refractivity contribution in [3.8, 4) is 0 Å². The van der Waals surface area contributed by atoms with E-state index in [-0.39, 0.29) is 17.7 Å². The summed E-state index contributed by atoms with van der Waals surface area (Å²) in [5.41, 5.74) is 0.846. The Hall–Kier alpha value is -3.55. The number of carbonyl (C=O) groups excluding carboxylic acids is 5. The number of imide groups is 1. The van der Waals surface area contributed by atoms with E-state index in [1.54, 1.807) is 46.0 Å². The average molecular weight is 567 g/mol. The van der Waals surface area contributed by atoms with Gasteiger partial charge in [-0.15, -0.1) is 0 Å². The second-order valence-corrected chi connectivity index (χ2v) is 9.44. The summed E-state index contributed by atoms with van der Waals surface area (Å²) < 4.78 is 21.4. The number of amides is 4. The number of fused-ring (bicyclic) bond motifs is 1. The molecule has 13 heteroatoms. The molecule has 0 unspecified atom stereocenters. The van der Waals surface area contributed by atoms with Crippen LogP contribution >= 0.6 is 0 Å². The molecule has 0 saturated carbocycles. The molecular weight excluding hydrogens is 524 g/mol. The lowest BCUT2D eigenvalue weighted by atomic mass is 10.1. The van der Waals surface area contributed by atoms with Crippen molar-refractivity contribution in [2.24, 2.45) is 0 Å². The molecule has 0 fully saturated rings. The second-order valence-electron chi connectivity index (χ2n) is 9.44. The minimum Gasteiger partial charge on any atom is -0.444 e. The van der Waals surface area contributed by atoms with Gasteiger partial charge in [0.1, 0.15) is 11.9 Å². The Kier molecular flexibility index (Phi) is 16.8. The summed E-state index contributed by atoms with van der Waals surface area (Å²) in [5.74, 6) is -0.766. The minimum atomic E-state index is -0.518. The van der Waals surface area contributed by atoms with Gasteiger partial charge in [-0.3, -0.25) is 19.7 Å². The van der Waals surface area contributed by atoms with Gasteiger partial charge in [-0.2, -0.15) is 0 Å². The first-order valence-electron chi connectivity index (χ1n) is 13.2. The minimum absolute atomic E-state index is 0.00292. The first kappa shape index (κ1) is 34.5. The Morgan fingerprint density at radius 1 is 0.925 bits per heavy atom. The summed E-state index contributed by atoms with van der Waals surface area (Å²) in [6.45, 7) is 8.76. The largest absolute Gasteiger partial charge is 0.444 e. The van der Waals surface area contributed by atoms with Crippen molar-refractivity contribution in [2.45, 2.75) is 45.6 Å². The topological polar surface area (TPSA) is 170 Å². The lowest BCUT2D eigenvalue weighted by Crippen LogP contribution is -2.34. The summed E-state index contributed by atoms with van der Waals surface area (Å²) in [5, 5.41) is 10.5. The van der Waals surface area contributed by atoms with Gasteiger partial charge >= 0.3 is 6.09 Å². The molecule has 4 amide bonds. The van der Waals surface area contributed by atoms with Crippen LogP contribution in [0.15, 0.2) is 18.2 Å². The molecule has 0 aliphatic carbocycles. The fraction of sp³-hybridized carbons (Fsp3) is 0.593. The van der Waals surface area contributed by atoms with Gasteiger partial charge in [-0.05, 0) is 39.3 Å². The molecule has 1 aliphatic heterocycles. The van der Waals surface area contributed by atoms with Crippen molar-refractivity contribution in [2.75, 3.05) is 65.1 Å². The third-order valence-electron chi connectivity index (χ3n) is 4.99. The van der Waals surface area contributed by atoms with E-state index in [2.05, 4.69) is 21.3 Å². The molecule has 0 radical (unpaired) electrons. The summed E-state index contributed by atoms with van der Waals surface area (Å²) in [4.78, 5) is 55.1. The molecule has 0 aromatic heterocycles. The summed E-state index contributed by atoms with van der Waals surface area (Å²) in [6.07, 6.45) is 1.95. The predicted molar refractivity (Wildman–Crippen MR) is 147 cm³/mol. The van der Waals surface area contributed by atoms with Gasteiger partial charge in [0, 0.05) is 38.7 Å². The number of benzene rings is 1. The van der Waals surface area contributed by atoms with Gasteiger partial charge in [0.05, 0.1) is 50.8 Å². The monoisotopic (exact) mass is 566 g/mol. The van der Waals surface area contributed by atoms with E-state index in [1.807, 2.05) is 0 Å². The lowest BCUT2D eigenvalue weighted by molar-refractivity contribution is -0.120. The number of aldehydes is 1. The van der Waals surface area contributed by atoms with Crippen molar-refractivity contribution in [3.63, 3.8) is 0 Å². The molecule has 1 aromatic rings. The van der Waals surface area contributed by atoms with E-state index in [4.69, 9.17) is 18.9 Å². The van der Waals surface area contributed by atoms with E-state index in [0.29, 0.717) is 88.8 Å². The van der Waals surface area contributed by atoms with Crippen LogP contribution in [0.5, 0.6) is 0 Å². The number of alkyl carbamates (subject to hydrolysis) is 1. The summed E-state index contributed by atoms with van der Waals surface area (Å²) in [6, 6.07) is 5.10. The molecule has 0 saturated heterocycles. The normalized spacial score (nSPS) is 12.0. The molecule has 40 heavy (non-hydrogen) atoms. The number of ether oxygens (including phenoxy) is 4. The van der Waals surface area contributed by atoms with Crippen LogP contribution in [-0.2, 0) is 28.5 Å². The standard InChI is InChI=1S/C21H31N3O7.C6H11NO2/c1-21(2,3)31-20(27)23-8-10-29-12-14-30-13-11-28-9-7-22-16-6-4-5-15-17(16)19(26)24-18(15)25;1-7-6(9)4-2-3-5-8/h4-6,22H,7-14H2,1-3H3,(H,23,27)(H,24,25,26);5H,2-4H2,1H3,(H,7,9). The van der Waals surface area contributed by atoms with E-state index in [9.17, 15) is 24.0 Å². The Balaban J connectivity index is 0.000000763. The Morgan fingerprint density at radius 3 is 2.15 bits per heavy atom. The lowest BCUT2D eigenvalue weighted by Gasteiger charge is -2.19. The fourth-order valence-corrected chi connectivity index (χ4v) is 3.18. The number of hydrogen-bond donors (Lipinski definition) is 4. The Morgan fingerprint density at radius 2 is 1.55 bits per heavy atom. The van der Waals surface area contributed by atoms with Crippen LogP contribution in [0, 0.1) is 0 Å². The van der Waals surface area contributed by atoms with Gasteiger partial charge in [0.2, 0.25) is 5.91 Å². The molecule has 2 rings (SSSR count). The predicted octanol–water partition coefficient (Wildman–Crippen LogP) is 1.66. The molecule has 0 atom stereocenters. The van der Waals surface area contributed by atoms with Crippen molar-refractivity contribution in [1.29, 1.82) is 0 Å². The highest BCUT2D eigenvalue weighted by atomic mass is 16.6. The van der Waals surface area contributed by atoms with Crippen LogP contribution in [0.25, 0.3) is 0 Å². The van der Waals surface area contributed by atoms with Crippen molar-refractivity contribution < 1.29 is 42.9 Å². The molecule has 13 nitrogen and oxygen atoms in total. The van der Waals surface area contributed by atoms with Crippen LogP contribution in [-0.4, -0.2) is 95.5 Å². The molecule has 0 spiro atoms. The zero-order chi connectivity index (χ0) is 29.8. The molecule has 1 aliphatic rings. The van der Waals surface area contributed by atoms with Crippen LogP contribution in [0.4, 0.5) is 10.5 Å². The van der Waals surface area contributed by atoms with Gasteiger partial charge in [-0.25, -0.2) is 4.79 Å². The number of carbonyl (C=O) groups is 5. The van der Waals surface area contributed by atoms with E-state index in [0.717, 1.165) is 6.29 Å². The van der Waals surface area contributed by atoms with Gasteiger partial charge in [-0.1, -0.05) is 6.07 Å². The van der Waals surface area contributed by atoms with Crippen LogP contribution in [0.1, 0.15) is 60.7 Å². The first-order chi connectivity index (χ1) is 19.1. The average Bonchev–Trinajstić information content (AvgIpc) is 3.20. The van der Waals surface area contributed by atoms with Crippen molar-refractivity contribution in [3.05, 3.63) is 29.3 Å². The highest BCUT2D eigenvalue weighted by Gasteiger charge is 2.29. The molecule has 224 valence electrons. The number of nitrogens with one attached hydrogen (secondary N) is 4. The number of hydrogen-bond acceptors (Lipinski definition) is 10. The Labute approximate surface area is 235 Å². The number of rotatable bonds is 17. The zero-order valence-corrected chi connectivity index (χ0v) is 23.8. The molecule has 1 aromatic carbocycles. The highest BCUT2D eigenvalue weighted by Crippen LogP contribution is 2.23. The van der Waals surface area contributed by atoms with Gasteiger partial charge in [0.25, 0.3) is 11.8 Å². The maximum absolute atomic E-state index is 11.8. The quantitative estimate of drug-likeness (QED) is 0.124. The van der Waals surface area contributed by atoms with E-state index < -0.39 is 11.7 Å². The van der Waals surface area contributed by atoms with Gasteiger partial charge < -0.3 is 39.7 Å². The first-order valence-corrected chi connectivity index (χ1v) is 13.2. The number of anilines is 1. The molecular formula is C27H42N4O9. The summed E-state index contributed by atoms with van der Waals surface area (Å²) in [7, 11) is 1.59. The highest BCUT2D eigenvalue weighted by molar-refractivity contribution is 6.23. The molecule has 4 N–H and O–H groups in total. The maximum atomic E-state index is 11.8. The zero-order valence-electron chi connectivity index (χ0n) is 23.8. The van der Waals surface area contributed by atoms with Crippen LogP contribution < -0.4 is 21.3 Å². The molecule has 0 bridgehead atoms. The third-order valence-corrected chi connectivity index (χ3v) is 4.99. The fourth-order valence-electron chi connectivity index (χ4n) is 3.18. The van der Waals surface area contributed by atoms with Gasteiger partial charge in [0.15, 0.2) is 0 Å². The van der Waals surface area contributed by atoms with Crippen LogP contribution in [0.2, 0.25) is 0 Å². The number of unbranched alkanes of at least 4 members (excludes halogenated alkanes) is 1. The Bertz CT molecular complexity index is 964. The summed E-state index contributed by atoms with van der Waals surface area (Å²) >= 11 is 0. The molecule has 1 heterocycles. The SMILES string of the molecule is CC(C)(C)OC(=O)NCCOCCOCCOCCNc1cccc2c1C(=O)NC2=O.CNC(=O)CCCC=O. The van der Waals surface area contributed by atoms with E-state index in [1.165, 1.54) is 0 Å². The maximum Gasteiger partial charge on any atom is 0.407 e. The van der Waals surface area contributed by atoms with Crippen LogP contribution in [0.3, 0.4) is 0 Å². The third kappa shape index (κ3) is 15.1. The van der Waals surface area contributed by atoms with Crippen molar-refractivity contribution >= 4 is 35.8 Å². The smallest absolute Gasteiger partial charge is 0.407 e. The van der Waals surface area contributed by atoms with E-state index >= 15 is 0 Å². The van der Waals surface area contributed by atoms with Crippen molar-refractivity contribution in [1.82, 2.24) is 16.0 Å². The second kappa shape index (κ2) is 19.5.